The summed E-state index contributed by atoms with van der Waals surface area (Å²) in [5.41, 5.74) is 1.35. The highest BCUT2D eigenvalue weighted by Crippen LogP contribution is 2.18. The predicted octanol–water partition coefficient (Wildman–Crippen LogP) is 2.26. The molecule has 2 rings (SSSR count). The summed E-state index contributed by atoms with van der Waals surface area (Å²) in [4.78, 5) is 4.69. The number of hydrogen-bond donors (Lipinski definition) is 2. The van der Waals surface area contributed by atoms with Crippen LogP contribution in [0.15, 0.2) is 28.1 Å². The van der Waals surface area contributed by atoms with E-state index in [4.69, 9.17) is 0 Å². The van der Waals surface area contributed by atoms with Crippen LogP contribution in [-0.2, 0) is 13.0 Å². The van der Waals surface area contributed by atoms with Gasteiger partial charge in [0.2, 0.25) is 0 Å². The maximum atomic E-state index is 4.69. The van der Waals surface area contributed by atoms with Gasteiger partial charge in [0.1, 0.15) is 12.2 Å². The molecule has 2 heterocycles. The van der Waals surface area contributed by atoms with Crippen LogP contribution in [-0.4, -0.2) is 40.4 Å². The lowest BCUT2D eigenvalue weighted by atomic mass is 10.1. The van der Waals surface area contributed by atoms with Crippen molar-refractivity contribution in [1.82, 2.24) is 25.4 Å². The van der Waals surface area contributed by atoms with Crippen molar-refractivity contribution < 1.29 is 0 Å². The van der Waals surface area contributed by atoms with Crippen LogP contribution in [0.2, 0.25) is 0 Å². The molecule has 0 aromatic carbocycles. The molecule has 0 aliphatic carbocycles. The molecule has 126 valence electrons. The summed E-state index contributed by atoms with van der Waals surface area (Å²) < 4.78 is 2.07. The van der Waals surface area contributed by atoms with Gasteiger partial charge in [0.15, 0.2) is 5.96 Å². The van der Waals surface area contributed by atoms with Crippen molar-refractivity contribution in [2.75, 3.05) is 19.6 Å². The number of hydrogen-bond acceptors (Lipinski definition) is 4. The summed E-state index contributed by atoms with van der Waals surface area (Å²) >= 11 is 1.73. The first-order valence-corrected chi connectivity index (χ1v) is 9.09. The molecule has 0 spiro atoms. The number of nitrogens with one attached hydrogen (secondary N) is 2. The zero-order valence-electron chi connectivity index (χ0n) is 14.1. The monoisotopic (exact) mass is 334 g/mol. The van der Waals surface area contributed by atoms with Crippen LogP contribution in [0.1, 0.15) is 38.1 Å². The molecule has 0 bridgehead atoms. The summed E-state index contributed by atoms with van der Waals surface area (Å²) in [7, 11) is 0. The Kier molecular flexibility index (Phi) is 7.06. The third-order valence-electron chi connectivity index (χ3n) is 3.64. The quantitative estimate of drug-likeness (QED) is 0.574. The van der Waals surface area contributed by atoms with Crippen molar-refractivity contribution in [1.29, 1.82) is 0 Å². The van der Waals surface area contributed by atoms with Gasteiger partial charge in [-0.3, -0.25) is 4.99 Å². The van der Waals surface area contributed by atoms with Crippen molar-refractivity contribution in [3.05, 3.63) is 34.5 Å². The number of guanidine groups is 1. The fourth-order valence-electron chi connectivity index (χ4n) is 2.27. The number of aromatic nitrogens is 3. The van der Waals surface area contributed by atoms with E-state index in [0.29, 0.717) is 5.92 Å². The SMILES string of the molecule is CCNC(=NCC(C)c1ccsc1)NCCn1cnnc1CC. The summed E-state index contributed by atoms with van der Waals surface area (Å²) in [6.07, 6.45) is 2.68. The number of nitrogens with zero attached hydrogens (tertiary/aromatic N) is 4. The molecule has 0 aliphatic rings. The highest BCUT2D eigenvalue weighted by atomic mass is 32.1. The van der Waals surface area contributed by atoms with E-state index >= 15 is 0 Å². The van der Waals surface area contributed by atoms with Crippen molar-refractivity contribution in [3.63, 3.8) is 0 Å². The predicted molar refractivity (Wildman–Crippen MR) is 96.1 cm³/mol. The Balaban J connectivity index is 1.84. The van der Waals surface area contributed by atoms with Gasteiger partial charge in [-0.1, -0.05) is 13.8 Å². The van der Waals surface area contributed by atoms with Crippen molar-refractivity contribution >= 4 is 17.3 Å². The lowest BCUT2D eigenvalue weighted by Gasteiger charge is -2.13. The van der Waals surface area contributed by atoms with E-state index in [0.717, 1.165) is 44.4 Å². The molecule has 23 heavy (non-hydrogen) atoms. The van der Waals surface area contributed by atoms with Crippen LogP contribution in [0.25, 0.3) is 0 Å². The Morgan fingerprint density at radius 3 is 2.96 bits per heavy atom. The minimum Gasteiger partial charge on any atom is -0.357 e. The minimum absolute atomic E-state index is 0.432. The standard InChI is InChI=1S/C16H26N6S/c1-4-15-21-20-12-22(15)8-7-18-16(17-5-2)19-10-13(3)14-6-9-23-11-14/h6,9,11-13H,4-5,7-8,10H2,1-3H3,(H2,17,18,19). The third-order valence-corrected chi connectivity index (χ3v) is 4.34. The molecular formula is C16H26N6S. The van der Waals surface area contributed by atoms with Gasteiger partial charge < -0.3 is 15.2 Å². The van der Waals surface area contributed by atoms with Crippen LogP contribution >= 0.6 is 11.3 Å². The smallest absolute Gasteiger partial charge is 0.191 e. The molecule has 6 nitrogen and oxygen atoms in total. The van der Waals surface area contributed by atoms with Crippen LogP contribution in [0.5, 0.6) is 0 Å². The van der Waals surface area contributed by atoms with E-state index in [1.807, 2.05) is 0 Å². The average Bonchev–Trinajstić information content (AvgIpc) is 3.23. The molecule has 2 N–H and O–H groups in total. The molecule has 0 radical (unpaired) electrons. The molecule has 0 fully saturated rings. The highest BCUT2D eigenvalue weighted by molar-refractivity contribution is 7.07. The second-order valence-electron chi connectivity index (χ2n) is 5.40. The molecule has 0 saturated carbocycles. The normalized spacial score (nSPS) is 13.1. The largest absolute Gasteiger partial charge is 0.357 e. The first-order valence-electron chi connectivity index (χ1n) is 8.15. The first-order chi connectivity index (χ1) is 11.2. The number of rotatable bonds is 8. The van der Waals surface area contributed by atoms with E-state index in [1.165, 1.54) is 5.56 Å². The fraction of sp³-hybridized carbons (Fsp3) is 0.562. The molecule has 0 amide bonds. The Morgan fingerprint density at radius 1 is 1.39 bits per heavy atom. The van der Waals surface area contributed by atoms with Gasteiger partial charge in [-0.2, -0.15) is 11.3 Å². The van der Waals surface area contributed by atoms with E-state index in [1.54, 1.807) is 17.7 Å². The van der Waals surface area contributed by atoms with Crippen LogP contribution in [0, 0.1) is 0 Å². The zero-order chi connectivity index (χ0) is 16.5. The van der Waals surface area contributed by atoms with Gasteiger partial charge in [0.25, 0.3) is 0 Å². The number of aliphatic imine (C=N–C) groups is 1. The Bertz CT molecular complexity index is 589. The van der Waals surface area contributed by atoms with Gasteiger partial charge in [0.05, 0.1) is 0 Å². The van der Waals surface area contributed by atoms with E-state index < -0.39 is 0 Å². The fourth-order valence-corrected chi connectivity index (χ4v) is 3.05. The summed E-state index contributed by atoms with van der Waals surface area (Å²) in [5, 5.41) is 19.0. The van der Waals surface area contributed by atoms with Gasteiger partial charge in [-0.05, 0) is 29.3 Å². The highest BCUT2D eigenvalue weighted by Gasteiger charge is 2.06. The summed E-state index contributed by atoms with van der Waals surface area (Å²) in [6, 6.07) is 2.17. The molecule has 1 atom stereocenters. The van der Waals surface area contributed by atoms with Gasteiger partial charge in [-0.15, -0.1) is 10.2 Å². The van der Waals surface area contributed by atoms with E-state index in [9.17, 15) is 0 Å². The van der Waals surface area contributed by atoms with E-state index in [-0.39, 0.29) is 0 Å². The maximum absolute atomic E-state index is 4.69. The first kappa shape index (κ1) is 17.5. The average molecular weight is 334 g/mol. The Hall–Kier alpha value is -1.89. The molecular weight excluding hydrogens is 308 g/mol. The maximum Gasteiger partial charge on any atom is 0.191 e. The topological polar surface area (TPSA) is 67.1 Å². The molecule has 2 aromatic rings. The zero-order valence-corrected chi connectivity index (χ0v) is 14.9. The van der Waals surface area contributed by atoms with Gasteiger partial charge in [0, 0.05) is 38.5 Å². The van der Waals surface area contributed by atoms with Crippen LogP contribution in [0.4, 0.5) is 0 Å². The van der Waals surface area contributed by atoms with Crippen molar-refractivity contribution in [3.8, 4) is 0 Å². The van der Waals surface area contributed by atoms with Crippen LogP contribution < -0.4 is 10.6 Å². The second kappa shape index (κ2) is 9.29. The Morgan fingerprint density at radius 2 is 2.26 bits per heavy atom. The van der Waals surface area contributed by atoms with Crippen molar-refractivity contribution in [2.24, 2.45) is 4.99 Å². The Labute approximate surface area is 142 Å². The molecule has 2 aromatic heterocycles. The molecule has 0 aliphatic heterocycles. The molecule has 0 saturated heterocycles. The third kappa shape index (κ3) is 5.35. The minimum atomic E-state index is 0.432. The molecule has 1 unspecified atom stereocenters. The second-order valence-corrected chi connectivity index (χ2v) is 6.18. The summed E-state index contributed by atoms with van der Waals surface area (Å²) in [6.45, 7) is 9.63. The number of thiophene rings is 1. The lowest BCUT2D eigenvalue weighted by Crippen LogP contribution is -2.39. The molecule has 7 heteroatoms. The lowest BCUT2D eigenvalue weighted by molar-refractivity contribution is 0.631. The van der Waals surface area contributed by atoms with Gasteiger partial charge >= 0.3 is 0 Å². The van der Waals surface area contributed by atoms with Crippen LogP contribution in [0.3, 0.4) is 0 Å². The van der Waals surface area contributed by atoms with Crippen molar-refractivity contribution in [2.45, 2.75) is 39.7 Å². The summed E-state index contributed by atoms with van der Waals surface area (Å²) in [5.74, 6) is 2.31. The number of aryl methyl sites for hydroxylation is 1. The van der Waals surface area contributed by atoms with Gasteiger partial charge in [-0.25, -0.2) is 0 Å². The van der Waals surface area contributed by atoms with E-state index in [2.05, 4.69) is 68.0 Å².